The first-order valence-electron chi connectivity index (χ1n) is 15.4. The summed E-state index contributed by atoms with van der Waals surface area (Å²) in [4.78, 5) is 27.5. The molecule has 0 saturated heterocycles. The molecule has 232 valence electrons. The van der Waals surface area contributed by atoms with E-state index >= 15 is 0 Å². The summed E-state index contributed by atoms with van der Waals surface area (Å²) in [6.07, 6.45) is 4.93. The van der Waals surface area contributed by atoms with E-state index in [0.29, 0.717) is 43.6 Å². The third kappa shape index (κ3) is 6.35. The van der Waals surface area contributed by atoms with E-state index in [0.717, 1.165) is 30.4 Å². The van der Waals surface area contributed by atoms with Crippen LogP contribution in [-0.4, -0.2) is 66.8 Å². The highest BCUT2D eigenvalue weighted by Crippen LogP contribution is 2.62. The number of ether oxygens (including phenoxy) is 2. The number of Topliss-reactive ketones (excluding diaryl/α,β-unsaturated/α-hetero) is 1. The fourth-order valence-electron chi connectivity index (χ4n) is 7.86. The van der Waals surface area contributed by atoms with Crippen LogP contribution in [0.25, 0.3) is 0 Å². The Morgan fingerprint density at radius 1 is 1.26 bits per heavy atom. The number of carbonyl (C=O) groups is 2. The Morgan fingerprint density at radius 2 is 1.98 bits per heavy atom. The van der Waals surface area contributed by atoms with Crippen molar-refractivity contribution in [3.05, 3.63) is 35.9 Å². The van der Waals surface area contributed by atoms with Crippen molar-refractivity contribution in [1.29, 1.82) is 0 Å². The molecular formula is C33H50BNO7. The Morgan fingerprint density at radius 3 is 2.62 bits per heavy atom. The number of hydrogen-bond acceptors (Lipinski definition) is 8. The van der Waals surface area contributed by atoms with Crippen LogP contribution in [0.5, 0.6) is 5.75 Å². The number of carbonyl (C=O) groups excluding carboxylic acids is 2. The van der Waals surface area contributed by atoms with Crippen LogP contribution in [0.3, 0.4) is 0 Å². The molecule has 2 aliphatic carbocycles. The second-order valence-corrected chi connectivity index (χ2v) is 14.2. The summed E-state index contributed by atoms with van der Waals surface area (Å²) < 4.78 is 17.7. The molecule has 9 heteroatoms. The maximum atomic E-state index is 13.4. The predicted molar refractivity (Wildman–Crippen MR) is 163 cm³/mol. The Bertz CT molecular complexity index is 1190. The molecule has 1 aromatic rings. The average Bonchev–Trinajstić information content (AvgIpc) is 3.31. The number of esters is 1. The minimum absolute atomic E-state index is 0.0397. The topological polar surface area (TPSA) is 106 Å². The van der Waals surface area contributed by atoms with Crippen LogP contribution in [0.2, 0.25) is 0 Å². The average molecular weight is 584 g/mol. The van der Waals surface area contributed by atoms with Gasteiger partial charge in [-0.05, 0) is 99.1 Å². The monoisotopic (exact) mass is 583 g/mol. The van der Waals surface area contributed by atoms with Gasteiger partial charge in [-0.25, -0.2) is 4.79 Å². The quantitative estimate of drug-likeness (QED) is 0.242. The van der Waals surface area contributed by atoms with Crippen molar-refractivity contribution in [3.8, 4) is 5.75 Å². The lowest BCUT2D eigenvalue weighted by atomic mass is 9.47. The molecule has 7 atom stereocenters. The van der Waals surface area contributed by atoms with Gasteiger partial charge in [0.1, 0.15) is 17.6 Å². The summed E-state index contributed by atoms with van der Waals surface area (Å²) in [5, 5.41) is 22.0. The molecule has 0 spiro atoms. The van der Waals surface area contributed by atoms with Crippen LogP contribution >= 0.6 is 0 Å². The standard InChI is InChI=1S/C33H50BNO7/c1-9-31(5)16-28(32(6)20-33(12-10-21(32)2,13-11-22(3)36)23(4)30(31)38)42-29(37)19-40-25-14-24(17-35(7)8)26-18-41-34(39)27(26)15-25/h9,14-15,21,23,28,30,38-39H,1,10-13,16-20H2,2-8H3/t21-,23+,28-,30+,31-,32+,33-/m1/s1. The second kappa shape index (κ2) is 12.4. The van der Waals surface area contributed by atoms with Crippen molar-refractivity contribution in [1.82, 2.24) is 4.90 Å². The van der Waals surface area contributed by atoms with Gasteiger partial charge in [0.15, 0.2) is 6.61 Å². The molecule has 42 heavy (non-hydrogen) atoms. The minimum Gasteiger partial charge on any atom is -0.482 e. The van der Waals surface area contributed by atoms with E-state index in [9.17, 15) is 19.7 Å². The van der Waals surface area contributed by atoms with Gasteiger partial charge in [0.2, 0.25) is 0 Å². The molecule has 3 aliphatic rings. The van der Waals surface area contributed by atoms with E-state index in [2.05, 4.69) is 27.4 Å². The van der Waals surface area contributed by atoms with Crippen molar-refractivity contribution >= 4 is 24.3 Å². The molecule has 1 heterocycles. The highest BCUT2D eigenvalue weighted by atomic mass is 16.6. The molecule has 0 radical (unpaired) electrons. The Balaban J connectivity index is 1.59. The van der Waals surface area contributed by atoms with E-state index < -0.39 is 30.7 Å². The molecule has 2 bridgehead atoms. The van der Waals surface area contributed by atoms with Crippen molar-refractivity contribution in [2.24, 2.45) is 28.1 Å². The summed E-state index contributed by atoms with van der Waals surface area (Å²) in [5.74, 6) is 0.395. The third-order valence-electron chi connectivity index (χ3n) is 11.0. The van der Waals surface area contributed by atoms with Crippen molar-refractivity contribution < 1.29 is 33.8 Å². The van der Waals surface area contributed by atoms with Gasteiger partial charge in [0, 0.05) is 23.8 Å². The molecule has 2 fully saturated rings. The van der Waals surface area contributed by atoms with Gasteiger partial charge in [-0.2, -0.15) is 0 Å². The maximum absolute atomic E-state index is 13.4. The summed E-state index contributed by atoms with van der Waals surface area (Å²) in [7, 11) is 2.91. The zero-order chi connectivity index (χ0) is 31.0. The molecule has 0 amide bonds. The number of ketones is 1. The Kier molecular flexibility index (Phi) is 9.68. The van der Waals surface area contributed by atoms with Crippen LogP contribution in [0, 0.1) is 28.1 Å². The summed E-state index contributed by atoms with van der Waals surface area (Å²) in [6, 6.07) is 3.62. The first kappa shape index (κ1) is 32.7. The van der Waals surface area contributed by atoms with Crippen LogP contribution in [-0.2, 0) is 32.1 Å². The molecule has 2 saturated carbocycles. The summed E-state index contributed by atoms with van der Waals surface area (Å²) in [5.41, 5.74) is 1.32. The van der Waals surface area contributed by atoms with Gasteiger partial charge in [-0.1, -0.05) is 33.8 Å². The van der Waals surface area contributed by atoms with Gasteiger partial charge in [0.05, 0.1) is 12.7 Å². The molecule has 1 aromatic carbocycles. The predicted octanol–water partition coefficient (Wildman–Crippen LogP) is 4.03. The Labute approximate surface area is 251 Å². The van der Waals surface area contributed by atoms with E-state index in [4.69, 9.17) is 14.1 Å². The third-order valence-corrected chi connectivity index (χ3v) is 11.0. The summed E-state index contributed by atoms with van der Waals surface area (Å²) >= 11 is 0. The van der Waals surface area contributed by atoms with Gasteiger partial charge in [0.25, 0.3) is 0 Å². The zero-order valence-electron chi connectivity index (χ0n) is 26.6. The molecule has 4 rings (SSSR count). The number of nitrogens with zero attached hydrogens (tertiary/aromatic N) is 1. The van der Waals surface area contributed by atoms with Crippen LogP contribution in [0.15, 0.2) is 24.8 Å². The van der Waals surface area contributed by atoms with Gasteiger partial charge >= 0.3 is 13.1 Å². The van der Waals surface area contributed by atoms with Crippen molar-refractivity contribution in [2.45, 2.75) is 98.5 Å². The minimum atomic E-state index is -1.02. The first-order chi connectivity index (χ1) is 19.6. The highest BCUT2D eigenvalue weighted by Gasteiger charge is 2.58. The van der Waals surface area contributed by atoms with Gasteiger partial charge < -0.3 is 34.0 Å². The lowest BCUT2D eigenvalue weighted by Gasteiger charge is -2.60. The molecule has 0 aromatic heterocycles. The molecular weight excluding hydrogens is 533 g/mol. The number of benzene rings is 1. The number of aliphatic hydroxyl groups is 1. The number of aliphatic hydroxyl groups excluding tert-OH is 1. The highest BCUT2D eigenvalue weighted by molar-refractivity contribution is 6.61. The first-order valence-corrected chi connectivity index (χ1v) is 15.4. The number of fused-ring (bicyclic) bond motifs is 3. The van der Waals surface area contributed by atoms with E-state index in [1.165, 1.54) is 0 Å². The lowest BCUT2D eigenvalue weighted by Crippen LogP contribution is -2.58. The van der Waals surface area contributed by atoms with Crippen LogP contribution in [0.4, 0.5) is 0 Å². The zero-order valence-corrected chi connectivity index (χ0v) is 26.6. The normalized spacial score (nSPS) is 34.4. The second-order valence-electron chi connectivity index (χ2n) is 14.2. The van der Waals surface area contributed by atoms with Gasteiger partial charge in [-0.15, -0.1) is 6.58 Å². The smallest absolute Gasteiger partial charge is 0.482 e. The van der Waals surface area contributed by atoms with Crippen molar-refractivity contribution in [2.75, 3.05) is 20.7 Å². The Hall–Kier alpha value is -2.20. The SMILES string of the molecule is C=C[C@]1(C)C[C@@H](OC(=O)COc2cc(CN(C)C)c3c(c2)B(O)OC3)[C@@]2(C)C[C@](CCC(C)=O)(CC[C@H]2C)[C@@H](C)[C@@H]1O. The largest absolute Gasteiger partial charge is 0.491 e. The molecule has 2 N–H and O–H groups in total. The summed E-state index contributed by atoms with van der Waals surface area (Å²) in [6.45, 7) is 15.0. The van der Waals surface area contributed by atoms with E-state index in [-0.39, 0.29) is 35.1 Å². The fraction of sp³-hybridized carbons (Fsp3) is 0.697. The molecule has 1 aliphatic heterocycles. The molecule has 0 unspecified atom stereocenters. The number of hydrogen-bond donors (Lipinski definition) is 2. The van der Waals surface area contributed by atoms with E-state index in [1.54, 1.807) is 13.0 Å². The lowest BCUT2D eigenvalue weighted by molar-refractivity contribution is -0.190. The fourth-order valence-corrected chi connectivity index (χ4v) is 7.86. The van der Waals surface area contributed by atoms with Crippen LogP contribution in [0.1, 0.15) is 84.3 Å². The number of rotatable bonds is 10. The maximum Gasteiger partial charge on any atom is 0.491 e. The van der Waals surface area contributed by atoms with Crippen LogP contribution < -0.4 is 10.2 Å². The van der Waals surface area contributed by atoms with Crippen molar-refractivity contribution in [3.63, 3.8) is 0 Å². The molecule has 8 nitrogen and oxygen atoms in total. The van der Waals surface area contributed by atoms with Gasteiger partial charge in [-0.3, -0.25) is 0 Å². The van der Waals surface area contributed by atoms with E-state index in [1.807, 2.05) is 38.1 Å².